The van der Waals surface area contributed by atoms with E-state index in [-0.39, 0.29) is 5.43 Å². The molecule has 0 N–H and O–H groups in total. The van der Waals surface area contributed by atoms with Crippen molar-refractivity contribution in [3.8, 4) is 0 Å². The van der Waals surface area contributed by atoms with E-state index in [1.165, 1.54) is 6.07 Å². The summed E-state index contributed by atoms with van der Waals surface area (Å²) in [7, 11) is 0. The maximum Gasteiger partial charge on any atom is 0.224 e. The highest BCUT2D eigenvalue weighted by Crippen LogP contribution is 1.93. The molecule has 0 amide bonds. The van der Waals surface area contributed by atoms with Gasteiger partial charge < -0.3 is 0 Å². The zero-order valence-electron chi connectivity index (χ0n) is 6.77. The summed E-state index contributed by atoms with van der Waals surface area (Å²) in [6, 6.07) is 1.53. The number of rotatable bonds is 1. The molecule has 62 valence electrons. The van der Waals surface area contributed by atoms with Gasteiger partial charge in [0.2, 0.25) is 5.43 Å². The Morgan fingerprint density at radius 3 is 3.08 bits per heavy atom. The quantitative estimate of drug-likeness (QED) is 0.614. The van der Waals surface area contributed by atoms with Gasteiger partial charge in [0.05, 0.1) is 0 Å². The minimum Gasteiger partial charge on any atom is -0.287 e. The highest BCUT2D eigenvalue weighted by molar-refractivity contribution is 5.35. The van der Waals surface area contributed by atoms with Gasteiger partial charge in [0.25, 0.3) is 0 Å². The number of hydrogen-bond acceptors (Lipinski definition) is 2. The lowest BCUT2D eigenvalue weighted by Crippen LogP contribution is -2.14. The highest BCUT2D eigenvalue weighted by Gasteiger charge is 1.99. The maximum absolute atomic E-state index is 11.2. The normalized spacial score (nSPS) is 10.8. The molecule has 0 aliphatic heterocycles. The fourth-order valence-corrected chi connectivity index (χ4v) is 1.24. The van der Waals surface area contributed by atoms with Crippen LogP contribution in [0.3, 0.4) is 0 Å². The first-order valence-electron chi connectivity index (χ1n) is 3.85. The third-order valence-electron chi connectivity index (χ3n) is 1.84. The molecule has 12 heavy (non-hydrogen) atoms. The summed E-state index contributed by atoms with van der Waals surface area (Å²) in [5.74, 6) is 0. The number of imidazole rings is 1. The summed E-state index contributed by atoms with van der Waals surface area (Å²) >= 11 is 0. The number of aryl methyl sites for hydroxylation is 1. The van der Waals surface area contributed by atoms with Crippen molar-refractivity contribution >= 4 is 5.65 Å². The Bertz CT molecular complexity index is 455. The maximum atomic E-state index is 11.2. The molecule has 0 spiro atoms. The van der Waals surface area contributed by atoms with Gasteiger partial charge in [-0.2, -0.15) is 0 Å². The topological polar surface area (TPSA) is 39.3 Å². The van der Waals surface area contributed by atoms with Crippen molar-refractivity contribution in [3.05, 3.63) is 34.9 Å². The number of fused-ring (bicyclic) bond motifs is 1. The molecule has 0 aliphatic rings. The summed E-state index contributed by atoms with van der Waals surface area (Å²) in [4.78, 5) is 15.2. The number of aromatic nitrogens is 3. The van der Waals surface area contributed by atoms with Gasteiger partial charge in [-0.3, -0.25) is 9.48 Å². The lowest BCUT2D eigenvalue weighted by molar-refractivity contribution is 0.600. The number of hydrogen-bond donors (Lipinski definition) is 0. The van der Waals surface area contributed by atoms with Gasteiger partial charge >= 0.3 is 0 Å². The standard InChI is InChI=1S/C8H9N3O/c1-2-10-5-3-7(12)8-9-4-6-11(8)10/h3-6H,2H2,1H3. The summed E-state index contributed by atoms with van der Waals surface area (Å²) in [5.41, 5.74) is 0.448. The Hall–Kier alpha value is -1.58. The van der Waals surface area contributed by atoms with Gasteiger partial charge in [0, 0.05) is 31.2 Å². The Labute approximate surface area is 69.1 Å². The first kappa shape index (κ1) is 7.09. The molecule has 4 heteroatoms. The van der Waals surface area contributed by atoms with Gasteiger partial charge in [-0.15, -0.1) is 0 Å². The van der Waals surface area contributed by atoms with E-state index < -0.39 is 0 Å². The average Bonchev–Trinajstić information content (AvgIpc) is 2.54. The van der Waals surface area contributed by atoms with Crippen molar-refractivity contribution in [2.45, 2.75) is 13.5 Å². The highest BCUT2D eigenvalue weighted by atomic mass is 16.1. The average molecular weight is 163 g/mol. The molecule has 0 bridgehead atoms. The van der Waals surface area contributed by atoms with Crippen molar-refractivity contribution in [3.63, 3.8) is 0 Å². The van der Waals surface area contributed by atoms with Crippen LogP contribution in [-0.4, -0.2) is 14.2 Å². The first-order valence-corrected chi connectivity index (χ1v) is 3.85. The van der Waals surface area contributed by atoms with Crippen LogP contribution >= 0.6 is 0 Å². The SMILES string of the molecule is CCn1ccc(=O)c2nccn21. The molecule has 0 aromatic carbocycles. The zero-order valence-corrected chi connectivity index (χ0v) is 6.77. The van der Waals surface area contributed by atoms with Gasteiger partial charge in [-0.05, 0) is 6.92 Å². The van der Waals surface area contributed by atoms with Crippen LogP contribution in [-0.2, 0) is 6.54 Å². The largest absolute Gasteiger partial charge is 0.287 e. The molecule has 2 rings (SSSR count). The molecular weight excluding hydrogens is 154 g/mol. The minimum absolute atomic E-state index is 0.0373. The van der Waals surface area contributed by atoms with Crippen LogP contribution in [0.1, 0.15) is 6.92 Å². The van der Waals surface area contributed by atoms with Crippen LogP contribution in [0.2, 0.25) is 0 Å². The number of nitrogens with zero attached hydrogens (tertiary/aromatic N) is 3. The molecule has 4 nitrogen and oxygen atoms in total. The van der Waals surface area contributed by atoms with E-state index in [2.05, 4.69) is 4.98 Å². The summed E-state index contributed by atoms with van der Waals surface area (Å²) in [5, 5.41) is 0. The summed E-state index contributed by atoms with van der Waals surface area (Å²) < 4.78 is 3.67. The summed E-state index contributed by atoms with van der Waals surface area (Å²) in [6.45, 7) is 2.84. The van der Waals surface area contributed by atoms with Crippen molar-refractivity contribution in [2.75, 3.05) is 0 Å². The van der Waals surface area contributed by atoms with Crippen LogP contribution in [0, 0.1) is 0 Å². The lowest BCUT2D eigenvalue weighted by Gasteiger charge is -2.04. The van der Waals surface area contributed by atoms with E-state index in [4.69, 9.17) is 0 Å². The second kappa shape index (κ2) is 2.48. The lowest BCUT2D eigenvalue weighted by atomic mass is 10.5. The van der Waals surface area contributed by atoms with Gasteiger partial charge in [0.1, 0.15) is 0 Å². The third-order valence-corrected chi connectivity index (χ3v) is 1.84. The zero-order chi connectivity index (χ0) is 8.55. The second-order valence-corrected chi connectivity index (χ2v) is 2.53. The second-order valence-electron chi connectivity index (χ2n) is 2.53. The fourth-order valence-electron chi connectivity index (χ4n) is 1.24. The van der Waals surface area contributed by atoms with E-state index in [9.17, 15) is 4.79 Å². The molecule has 0 radical (unpaired) electrons. The molecule has 0 saturated carbocycles. The molecule has 0 atom stereocenters. The molecule has 0 fully saturated rings. The van der Waals surface area contributed by atoms with Gasteiger partial charge in [-0.25, -0.2) is 9.50 Å². The van der Waals surface area contributed by atoms with E-state index in [0.29, 0.717) is 5.65 Å². The van der Waals surface area contributed by atoms with E-state index in [1.807, 2.05) is 11.6 Å². The molecule has 2 heterocycles. The van der Waals surface area contributed by atoms with Crippen molar-refractivity contribution in [1.82, 2.24) is 14.2 Å². The van der Waals surface area contributed by atoms with E-state index in [1.54, 1.807) is 23.1 Å². The monoisotopic (exact) mass is 163 g/mol. The van der Waals surface area contributed by atoms with Crippen LogP contribution < -0.4 is 5.43 Å². The molecule has 0 unspecified atom stereocenters. The molecular formula is C8H9N3O. The molecule has 0 saturated heterocycles. The Morgan fingerprint density at radius 1 is 1.50 bits per heavy atom. The Kier molecular flexibility index (Phi) is 1.46. The smallest absolute Gasteiger partial charge is 0.224 e. The van der Waals surface area contributed by atoms with Gasteiger partial charge in [-0.1, -0.05) is 0 Å². The van der Waals surface area contributed by atoms with Crippen LogP contribution in [0.5, 0.6) is 0 Å². The molecule has 2 aromatic rings. The third kappa shape index (κ3) is 0.845. The Balaban J connectivity index is 2.92. The van der Waals surface area contributed by atoms with Crippen molar-refractivity contribution in [1.29, 1.82) is 0 Å². The summed E-state index contributed by atoms with van der Waals surface area (Å²) in [6.07, 6.45) is 5.17. The van der Waals surface area contributed by atoms with Crippen LogP contribution in [0.25, 0.3) is 5.65 Å². The predicted octanol–water partition coefficient (Wildman–Crippen LogP) is 0.516. The van der Waals surface area contributed by atoms with Crippen LogP contribution in [0.15, 0.2) is 29.5 Å². The predicted molar refractivity (Wildman–Crippen MR) is 45.1 cm³/mol. The minimum atomic E-state index is -0.0373. The van der Waals surface area contributed by atoms with Crippen molar-refractivity contribution in [2.24, 2.45) is 0 Å². The van der Waals surface area contributed by atoms with Crippen molar-refractivity contribution < 1.29 is 0 Å². The fraction of sp³-hybridized carbons (Fsp3) is 0.250. The Morgan fingerprint density at radius 2 is 2.33 bits per heavy atom. The van der Waals surface area contributed by atoms with E-state index in [0.717, 1.165) is 6.54 Å². The van der Waals surface area contributed by atoms with Gasteiger partial charge in [0.15, 0.2) is 5.65 Å². The first-order chi connectivity index (χ1) is 5.83. The van der Waals surface area contributed by atoms with Crippen LogP contribution in [0.4, 0.5) is 0 Å². The van der Waals surface area contributed by atoms with E-state index >= 15 is 0 Å². The molecule has 2 aromatic heterocycles. The molecule has 0 aliphatic carbocycles.